The largest absolute Gasteiger partial charge is 0.450 e. The maximum Gasteiger partial charge on any atom is 0.407 e. The molecule has 1 N–H and O–H groups in total. The number of rotatable bonds is 3. The highest BCUT2D eigenvalue weighted by Gasteiger charge is 2.10. The Morgan fingerprint density at radius 1 is 1.55 bits per heavy atom. The zero-order chi connectivity index (χ0) is 8.85. The van der Waals surface area contributed by atoms with Gasteiger partial charge >= 0.3 is 6.09 Å². The van der Waals surface area contributed by atoms with Gasteiger partial charge in [0.2, 0.25) is 0 Å². The molecule has 0 saturated carbocycles. The molecule has 0 rings (SSSR count). The molecule has 0 radical (unpaired) electrons. The van der Waals surface area contributed by atoms with Crippen LogP contribution in [0.3, 0.4) is 0 Å². The summed E-state index contributed by atoms with van der Waals surface area (Å²) in [6, 6.07) is -0.464. The van der Waals surface area contributed by atoms with Crippen molar-refractivity contribution < 1.29 is 14.3 Å². The minimum absolute atomic E-state index is 0.0851. The number of hydrogen-bond donors (Lipinski definition) is 1. The van der Waals surface area contributed by atoms with E-state index in [4.69, 9.17) is 0 Å². The van der Waals surface area contributed by atoms with Crippen molar-refractivity contribution >= 4 is 11.9 Å². The van der Waals surface area contributed by atoms with Crippen molar-refractivity contribution in [3.8, 4) is 0 Å². The molecule has 0 fully saturated rings. The molecule has 0 bridgehead atoms. The number of Topliss-reactive ketones (excluding diaryl/α,β-unsaturated/α-hetero) is 1. The molecule has 0 aliphatic heterocycles. The number of carbonyl (C=O) groups excluding carboxylic acids is 2. The van der Waals surface area contributed by atoms with Gasteiger partial charge in [-0.2, -0.15) is 0 Å². The second-order valence-electron chi connectivity index (χ2n) is 2.20. The van der Waals surface area contributed by atoms with E-state index in [0.717, 1.165) is 0 Å². The quantitative estimate of drug-likeness (QED) is 0.659. The second kappa shape index (κ2) is 4.71. The van der Waals surface area contributed by atoms with Crippen LogP contribution in [0.5, 0.6) is 0 Å². The number of ketones is 1. The maximum absolute atomic E-state index is 10.7. The van der Waals surface area contributed by atoms with E-state index >= 15 is 0 Å². The number of nitrogens with one attached hydrogen (secondary N) is 1. The Balaban J connectivity index is 3.66. The highest BCUT2D eigenvalue weighted by atomic mass is 16.5. The molecule has 0 saturated heterocycles. The van der Waals surface area contributed by atoms with Crippen molar-refractivity contribution in [1.82, 2.24) is 5.32 Å². The molecule has 1 amide bonds. The average molecular weight is 159 g/mol. The lowest BCUT2D eigenvalue weighted by Crippen LogP contribution is -2.37. The van der Waals surface area contributed by atoms with E-state index in [9.17, 15) is 9.59 Å². The summed E-state index contributed by atoms with van der Waals surface area (Å²) in [6.07, 6.45) is -0.546. The van der Waals surface area contributed by atoms with Gasteiger partial charge in [-0.3, -0.25) is 4.79 Å². The van der Waals surface area contributed by atoms with E-state index in [0.29, 0.717) is 6.61 Å². The molecule has 11 heavy (non-hydrogen) atoms. The highest BCUT2D eigenvalue weighted by molar-refractivity contribution is 5.84. The Bertz CT molecular complexity index is 156. The van der Waals surface area contributed by atoms with Crippen molar-refractivity contribution in [2.75, 3.05) is 6.61 Å². The minimum atomic E-state index is -0.546. The number of amides is 1. The van der Waals surface area contributed by atoms with Crippen LogP contribution in [-0.2, 0) is 9.53 Å². The second-order valence-corrected chi connectivity index (χ2v) is 2.20. The van der Waals surface area contributed by atoms with Gasteiger partial charge in [0.1, 0.15) is 0 Å². The lowest BCUT2D eigenvalue weighted by Gasteiger charge is -2.09. The summed E-state index contributed by atoms with van der Waals surface area (Å²) in [5.41, 5.74) is 0. The first-order valence-corrected chi connectivity index (χ1v) is 3.51. The molecule has 64 valence electrons. The van der Waals surface area contributed by atoms with Crippen molar-refractivity contribution in [2.24, 2.45) is 0 Å². The summed E-state index contributed by atoms with van der Waals surface area (Å²) in [6.45, 7) is 5.05. The van der Waals surface area contributed by atoms with Gasteiger partial charge in [-0.15, -0.1) is 0 Å². The van der Waals surface area contributed by atoms with E-state index in [1.807, 2.05) is 0 Å². The van der Waals surface area contributed by atoms with Crippen molar-refractivity contribution in [3.05, 3.63) is 0 Å². The molecule has 4 heteroatoms. The summed E-state index contributed by atoms with van der Waals surface area (Å²) in [7, 11) is 0. The predicted molar refractivity (Wildman–Crippen MR) is 40.3 cm³/mol. The van der Waals surface area contributed by atoms with E-state index in [2.05, 4.69) is 10.1 Å². The normalized spacial score (nSPS) is 11.9. The van der Waals surface area contributed by atoms with Crippen LogP contribution in [0.1, 0.15) is 20.8 Å². The van der Waals surface area contributed by atoms with Gasteiger partial charge in [0, 0.05) is 0 Å². The van der Waals surface area contributed by atoms with Crippen molar-refractivity contribution in [1.29, 1.82) is 0 Å². The summed E-state index contributed by atoms with van der Waals surface area (Å²) >= 11 is 0. The summed E-state index contributed by atoms with van der Waals surface area (Å²) in [5, 5.41) is 2.37. The molecule has 0 aromatic heterocycles. The van der Waals surface area contributed by atoms with Crippen molar-refractivity contribution in [3.63, 3.8) is 0 Å². The fraction of sp³-hybridized carbons (Fsp3) is 0.714. The third-order valence-corrected chi connectivity index (χ3v) is 1.22. The van der Waals surface area contributed by atoms with Crippen LogP contribution in [0, 0.1) is 0 Å². The van der Waals surface area contributed by atoms with Crippen LogP contribution in [0.15, 0.2) is 0 Å². The summed E-state index contributed by atoms with van der Waals surface area (Å²) in [5.74, 6) is -0.0851. The Morgan fingerprint density at radius 3 is 2.45 bits per heavy atom. The molecule has 4 nitrogen and oxygen atoms in total. The molecule has 0 unspecified atom stereocenters. The van der Waals surface area contributed by atoms with Crippen LogP contribution >= 0.6 is 0 Å². The number of hydrogen-bond acceptors (Lipinski definition) is 3. The fourth-order valence-electron chi connectivity index (χ4n) is 0.451. The molecule has 0 heterocycles. The average Bonchev–Trinajstić information content (AvgIpc) is 1.87. The number of alkyl carbamates (subject to hydrolysis) is 1. The van der Waals surface area contributed by atoms with Gasteiger partial charge in [0.25, 0.3) is 0 Å². The zero-order valence-corrected chi connectivity index (χ0v) is 7.01. The molecule has 0 spiro atoms. The van der Waals surface area contributed by atoms with Gasteiger partial charge in [-0.1, -0.05) is 0 Å². The Hall–Kier alpha value is -1.06. The Kier molecular flexibility index (Phi) is 4.26. The number of carbonyl (C=O) groups is 2. The van der Waals surface area contributed by atoms with Crippen LogP contribution in [0.4, 0.5) is 4.79 Å². The lowest BCUT2D eigenvalue weighted by molar-refractivity contribution is -0.118. The van der Waals surface area contributed by atoms with Crippen LogP contribution in [0.2, 0.25) is 0 Å². The fourth-order valence-corrected chi connectivity index (χ4v) is 0.451. The van der Waals surface area contributed by atoms with Crippen molar-refractivity contribution in [2.45, 2.75) is 26.8 Å². The van der Waals surface area contributed by atoms with E-state index in [1.54, 1.807) is 13.8 Å². The monoisotopic (exact) mass is 159 g/mol. The third-order valence-electron chi connectivity index (χ3n) is 1.22. The van der Waals surface area contributed by atoms with Gasteiger partial charge in [-0.25, -0.2) is 4.79 Å². The molecule has 0 aliphatic rings. The molecule has 0 aromatic carbocycles. The van der Waals surface area contributed by atoms with Crippen LogP contribution < -0.4 is 5.32 Å². The first-order valence-electron chi connectivity index (χ1n) is 3.51. The molecule has 0 aromatic rings. The molecular weight excluding hydrogens is 146 g/mol. The Labute approximate surface area is 65.9 Å². The smallest absolute Gasteiger partial charge is 0.407 e. The molecular formula is C7H13NO3. The standard InChI is InChI=1S/C7H13NO3/c1-4-11-7(10)8-5(2)6(3)9/h5H,4H2,1-3H3,(H,8,10)/t5-/m0/s1. The topological polar surface area (TPSA) is 55.4 Å². The first-order chi connectivity index (χ1) is 5.07. The lowest BCUT2D eigenvalue weighted by atomic mass is 10.2. The Morgan fingerprint density at radius 2 is 2.09 bits per heavy atom. The van der Waals surface area contributed by atoms with E-state index in [-0.39, 0.29) is 5.78 Å². The maximum atomic E-state index is 10.7. The van der Waals surface area contributed by atoms with E-state index < -0.39 is 12.1 Å². The minimum Gasteiger partial charge on any atom is -0.450 e. The molecule has 1 atom stereocenters. The van der Waals surface area contributed by atoms with Gasteiger partial charge in [0.05, 0.1) is 12.6 Å². The first kappa shape index (κ1) is 9.94. The SMILES string of the molecule is CCOC(=O)N[C@@H](C)C(C)=O. The number of ether oxygens (including phenoxy) is 1. The highest BCUT2D eigenvalue weighted by Crippen LogP contribution is 1.85. The van der Waals surface area contributed by atoms with E-state index in [1.165, 1.54) is 6.92 Å². The summed E-state index contributed by atoms with van der Waals surface area (Å²) in [4.78, 5) is 21.3. The van der Waals surface area contributed by atoms with Crippen LogP contribution in [-0.4, -0.2) is 24.5 Å². The zero-order valence-electron chi connectivity index (χ0n) is 7.01. The predicted octanol–water partition coefficient (Wildman–Crippen LogP) is 0.710. The molecule has 0 aliphatic carbocycles. The van der Waals surface area contributed by atoms with Gasteiger partial charge in [0.15, 0.2) is 5.78 Å². The third kappa shape index (κ3) is 4.36. The van der Waals surface area contributed by atoms with Gasteiger partial charge < -0.3 is 10.1 Å². The van der Waals surface area contributed by atoms with Crippen LogP contribution in [0.25, 0.3) is 0 Å². The van der Waals surface area contributed by atoms with Gasteiger partial charge in [-0.05, 0) is 20.8 Å². The summed E-state index contributed by atoms with van der Waals surface area (Å²) < 4.78 is 4.56.